The minimum atomic E-state index is -3.73. The number of halogens is 1. The molecule has 5 nitrogen and oxygen atoms in total. The van der Waals surface area contributed by atoms with Gasteiger partial charge in [-0.2, -0.15) is 0 Å². The minimum absolute atomic E-state index is 0.0161. The molecule has 2 aromatic rings. The number of primary sulfonamides is 1. The van der Waals surface area contributed by atoms with Crippen molar-refractivity contribution in [2.75, 3.05) is 7.11 Å². The van der Waals surface area contributed by atoms with E-state index in [4.69, 9.17) is 14.6 Å². The van der Waals surface area contributed by atoms with Gasteiger partial charge in [0.1, 0.15) is 17.2 Å². The van der Waals surface area contributed by atoms with Crippen molar-refractivity contribution < 1.29 is 17.9 Å². The van der Waals surface area contributed by atoms with Crippen LogP contribution in [-0.4, -0.2) is 15.5 Å². The molecule has 7 heteroatoms. The highest BCUT2D eigenvalue weighted by molar-refractivity contribution is 9.10. The van der Waals surface area contributed by atoms with Gasteiger partial charge < -0.3 is 9.47 Å². The van der Waals surface area contributed by atoms with Gasteiger partial charge in [-0.3, -0.25) is 0 Å². The lowest BCUT2D eigenvalue weighted by molar-refractivity contribution is 0.409. The Hall–Kier alpha value is -1.57. The molecule has 0 aliphatic heterocycles. The van der Waals surface area contributed by atoms with Crippen LogP contribution in [0, 0.1) is 0 Å². The van der Waals surface area contributed by atoms with E-state index in [1.807, 2.05) is 0 Å². The van der Waals surface area contributed by atoms with E-state index >= 15 is 0 Å². The normalized spacial score (nSPS) is 11.2. The van der Waals surface area contributed by atoms with Crippen LogP contribution >= 0.6 is 15.9 Å². The first kappa shape index (κ1) is 14.8. The average Bonchev–Trinajstić information content (AvgIpc) is 2.40. The van der Waals surface area contributed by atoms with Gasteiger partial charge in [-0.05, 0) is 46.3 Å². The van der Waals surface area contributed by atoms with Crippen LogP contribution in [0.15, 0.2) is 51.8 Å². The average molecular weight is 358 g/mol. The maximum atomic E-state index is 11.2. The Morgan fingerprint density at radius 1 is 1.10 bits per heavy atom. The van der Waals surface area contributed by atoms with Gasteiger partial charge in [0.2, 0.25) is 10.0 Å². The van der Waals surface area contributed by atoms with Gasteiger partial charge in [-0.1, -0.05) is 6.07 Å². The van der Waals surface area contributed by atoms with Crippen LogP contribution in [-0.2, 0) is 10.0 Å². The van der Waals surface area contributed by atoms with E-state index in [1.54, 1.807) is 31.4 Å². The number of sulfonamides is 1. The molecule has 0 aliphatic carbocycles. The fourth-order valence-corrected chi connectivity index (χ4v) is 2.68. The zero-order valence-corrected chi connectivity index (χ0v) is 12.9. The Labute approximate surface area is 125 Å². The summed E-state index contributed by atoms with van der Waals surface area (Å²) in [5.41, 5.74) is 0. The smallest absolute Gasteiger partial charge is 0.238 e. The van der Waals surface area contributed by atoms with Gasteiger partial charge in [-0.15, -0.1) is 0 Å². The van der Waals surface area contributed by atoms with Crippen molar-refractivity contribution >= 4 is 26.0 Å². The van der Waals surface area contributed by atoms with Crippen LogP contribution in [0.4, 0.5) is 0 Å². The Bertz CT molecular complexity index is 731. The van der Waals surface area contributed by atoms with Crippen molar-refractivity contribution in [1.29, 1.82) is 0 Å². The lowest BCUT2D eigenvalue weighted by Crippen LogP contribution is -2.11. The molecule has 0 radical (unpaired) electrons. The van der Waals surface area contributed by atoms with E-state index in [0.717, 1.165) is 0 Å². The van der Waals surface area contributed by atoms with Crippen molar-refractivity contribution in [3.05, 3.63) is 46.9 Å². The molecule has 20 heavy (non-hydrogen) atoms. The lowest BCUT2D eigenvalue weighted by atomic mass is 10.3. The van der Waals surface area contributed by atoms with E-state index in [9.17, 15) is 8.42 Å². The van der Waals surface area contributed by atoms with Crippen LogP contribution in [0.5, 0.6) is 17.2 Å². The Morgan fingerprint density at radius 3 is 2.40 bits per heavy atom. The summed E-state index contributed by atoms with van der Waals surface area (Å²) in [5, 5.41) is 5.06. The number of rotatable bonds is 4. The Balaban J connectivity index is 2.30. The molecule has 0 amide bonds. The summed E-state index contributed by atoms with van der Waals surface area (Å²) in [6.07, 6.45) is 0. The fourth-order valence-electron chi connectivity index (χ4n) is 1.53. The molecule has 0 aromatic heterocycles. The van der Waals surface area contributed by atoms with Crippen LogP contribution in [0.2, 0.25) is 0 Å². The molecule has 0 fully saturated rings. The molecule has 106 valence electrons. The summed E-state index contributed by atoms with van der Waals surface area (Å²) < 4.78 is 33.7. The molecule has 2 N–H and O–H groups in total. The Kier molecular flexibility index (Phi) is 4.32. The van der Waals surface area contributed by atoms with Crippen molar-refractivity contribution in [1.82, 2.24) is 0 Å². The monoisotopic (exact) mass is 357 g/mol. The quantitative estimate of drug-likeness (QED) is 0.912. The number of benzene rings is 2. The fraction of sp³-hybridized carbons (Fsp3) is 0.0769. The second-order valence-corrected chi connectivity index (χ2v) is 6.33. The Morgan fingerprint density at radius 2 is 1.80 bits per heavy atom. The summed E-state index contributed by atoms with van der Waals surface area (Å²) in [4.78, 5) is 0.0161. The zero-order valence-electron chi connectivity index (χ0n) is 10.5. The van der Waals surface area contributed by atoms with Crippen molar-refractivity contribution in [3.8, 4) is 17.2 Å². The molecule has 0 saturated heterocycles. The third-order valence-electron chi connectivity index (χ3n) is 2.50. The minimum Gasteiger partial charge on any atom is -0.497 e. The summed E-state index contributed by atoms with van der Waals surface area (Å²) in [5.74, 6) is 1.72. The van der Waals surface area contributed by atoms with Crippen LogP contribution in [0.1, 0.15) is 0 Å². The second kappa shape index (κ2) is 5.82. The molecule has 0 heterocycles. The molecular weight excluding hydrogens is 346 g/mol. The number of hydrogen-bond acceptors (Lipinski definition) is 4. The predicted molar refractivity (Wildman–Crippen MR) is 78.6 cm³/mol. The highest BCUT2D eigenvalue weighted by Gasteiger charge is 2.11. The third-order valence-corrected chi connectivity index (χ3v) is 4.03. The lowest BCUT2D eigenvalue weighted by Gasteiger charge is -2.09. The molecule has 2 aromatic carbocycles. The van der Waals surface area contributed by atoms with E-state index in [-0.39, 0.29) is 4.90 Å². The summed E-state index contributed by atoms with van der Waals surface area (Å²) >= 11 is 3.26. The van der Waals surface area contributed by atoms with Gasteiger partial charge in [0.25, 0.3) is 0 Å². The van der Waals surface area contributed by atoms with E-state index in [2.05, 4.69) is 15.9 Å². The highest BCUT2D eigenvalue weighted by atomic mass is 79.9. The summed E-state index contributed by atoms with van der Waals surface area (Å²) in [6.45, 7) is 0. The third kappa shape index (κ3) is 3.50. The second-order valence-electron chi connectivity index (χ2n) is 3.92. The first-order valence-corrected chi connectivity index (χ1v) is 7.88. The largest absolute Gasteiger partial charge is 0.497 e. The van der Waals surface area contributed by atoms with Gasteiger partial charge in [0, 0.05) is 6.07 Å². The maximum absolute atomic E-state index is 11.2. The first-order chi connectivity index (χ1) is 9.40. The van der Waals surface area contributed by atoms with E-state index in [0.29, 0.717) is 21.7 Å². The van der Waals surface area contributed by atoms with E-state index in [1.165, 1.54) is 18.2 Å². The number of ether oxygens (including phenoxy) is 2. The number of nitrogens with two attached hydrogens (primary N) is 1. The van der Waals surface area contributed by atoms with E-state index < -0.39 is 10.0 Å². The van der Waals surface area contributed by atoms with Crippen molar-refractivity contribution in [3.63, 3.8) is 0 Å². The van der Waals surface area contributed by atoms with Gasteiger partial charge in [0.05, 0.1) is 16.5 Å². The molecule has 0 spiro atoms. The number of methoxy groups -OCH3 is 1. The molecule has 0 aliphatic rings. The first-order valence-electron chi connectivity index (χ1n) is 5.54. The summed E-state index contributed by atoms with van der Waals surface area (Å²) in [6, 6.07) is 11.4. The molecule has 2 rings (SSSR count). The topological polar surface area (TPSA) is 78.6 Å². The van der Waals surface area contributed by atoms with Gasteiger partial charge >= 0.3 is 0 Å². The zero-order chi connectivity index (χ0) is 14.8. The van der Waals surface area contributed by atoms with Gasteiger partial charge in [-0.25, -0.2) is 13.6 Å². The van der Waals surface area contributed by atoms with Crippen LogP contribution < -0.4 is 14.6 Å². The number of hydrogen-bond donors (Lipinski definition) is 1. The van der Waals surface area contributed by atoms with Crippen molar-refractivity contribution in [2.24, 2.45) is 5.14 Å². The van der Waals surface area contributed by atoms with Gasteiger partial charge in [0.15, 0.2) is 0 Å². The van der Waals surface area contributed by atoms with Crippen LogP contribution in [0.25, 0.3) is 0 Å². The maximum Gasteiger partial charge on any atom is 0.238 e. The molecule has 0 unspecified atom stereocenters. The predicted octanol–water partition coefficient (Wildman–Crippen LogP) is 2.90. The molecule has 0 saturated carbocycles. The van der Waals surface area contributed by atoms with Crippen molar-refractivity contribution in [2.45, 2.75) is 4.90 Å². The highest BCUT2D eigenvalue weighted by Crippen LogP contribution is 2.32. The molecular formula is C13H12BrNO4S. The standard InChI is InChI=1S/C13H12BrNO4S/c1-18-9-3-2-4-10(7-9)19-13-6-5-11(8-12(13)14)20(15,16)17/h2-8H,1H3,(H2,15,16,17). The van der Waals surface area contributed by atoms with Crippen LogP contribution in [0.3, 0.4) is 0 Å². The molecule has 0 bridgehead atoms. The molecule has 0 atom stereocenters. The SMILES string of the molecule is COc1cccc(Oc2ccc(S(N)(=O)=O)cc2Br)c1. The summed E-state index contributed by atoms with van der Waals surface area (Å²) in [7, 11) is -2.17.